The molecule has 0 aliphatic carbocycles. The Kier molecular flexibility index (Phi) is 13.1. The number of fused-ring (bicyclic) bond motifs is 5. The zero-order valence-electron chi connectivity index (χ0n) is 42.3. The van der Waals surface area contributed by atoms with E-state index in [9.17, 15) is 39.3 Å². The lowest BCUT2D eigenvalue weighted by molar-refractivity contribution is -0.192. The van der Waals surface area contributed by atoms with Gasteiger partial charge in [0.2, 0.25) is 11.4 Å². The number of cyclic esters (lactones) is 1. The van der Waals surface area contributed by atoms with E-state index in [1.54, 1.807) is 96.1 Å². The van der Waals surface area contributed by atoms with Crippen molar-refractivity contribution >= 4 is 34.7 Å². The van der Waals surface area contributed by atoms with Crippen LogP contribution in [0.2, 0.25) is 0 Å². The summed E-state index contributed by atoms with van der Waals surface area (Å²) in [5.41, 5.74) is 3.23. The summed E-state index contributed by atoms with van der Waals surface area (Å²) in [6, 6.07) is 23.4. The highest BCUT2D eigenvalue weighted by Crippen LogP contribution is 2.43. The van der Waals surface area contributed by atoms with Crippen molar-refractivity contribution in [1.82, 2.24) is 39.4 Å². The molecule has 0 bridgehead atoms. The molecule has 0 radical (unpaired) electrons. The van der Waals surface area contributed by atoms with Crippen molar-refractivity contribution in [2.24, 2.45) is 5.92 Å². The van der Waals surface area contributed by atoms with Gasteiger partial charge in [-0.25, -0.2) is 9.78 Å². The number of aromatic hydroxyl groups is 3. The Morgan fingerprint density at radius 3 is 2.25 bits per heavy atom. The molecule has 3 aliphatic rings. The number of aromatic nitrogens is 5. The first-order valence-electron chi connectivity index (χ1n) is 24.9. The van der Waals surface area contributed by atoms with Crippen LogP contribution in [0.1, 0.15) is 102 Å². The van der Waals surface area contributed by atoms with Crippen LogP contribution >= 0.6 is 0 Å². The number of pyridine rings is 2. The van der Waals surface area contributed by atoms with E-state index in [1.807, 2.05) is 38.9 Å². The minimum Gasteiger partial charge on any atom is -0.508 e. The first-order chi connectivity index (χ1) is 36.0. The molecule has 1 unspecified atom stereocenters. The molecule has 7 aromatic rings. The number of carbonyl (C=O) groups excluding carboxylic acids is 4. The van der Waals surface area contributed by atoms with E-state index in [-0.39, 0.29) is 108 Å². The van der Waals surface area contributed by atoms with Crippen LogP contribution in [0.25, 0.3) is 39.4 Å². The van der Waals surface area contributed by atoms with Crippen LogP contribution < -0.4 is 15.6 Å². The topological polar surface area (TPSA) is 241 Å². The third kappa shape index (κ3) is 8.95. The van der Waals surface area contributed by atoms with Gasteiger partial charge in [-0.05, 0) is 131 Å². The van der Waals surface area contributed by atoms with Gasteiger partial charge in [0.25, 0.3) is 17.4 Å². The van der Waals surface area contributed by atoms with Gasteiger partial charge < -0.3 is 49.2 Å². The Hall–Kier alpha value is -8.58. The van der Waals surface area contributed by atoms with E-state index in [2.05, 4.69) is 15.5 Å². The summed E-state index contributed by atoms with van der Waals surface area (Å²) in [5.74, 6) is -1.85. The molecule has 0 saturated carbocycles. The van der Waals surface area contributed by atoms with Crippen LogP contribution in [-0.2, 0) is 44.4 Å². The number of esters is 2. The molecule has 10 rings (SSSR count). The van der Waals surface area contributed by atoms with Gasteiger partial charge in [-0.1, -0.05) is 20.8 Å². The van der Waals surface area contributed by atoms with E-state index in [0.29, 0.717) is 58.3 Å². The molecule has 3 aromatic heterocycles. The average molecular weight is 1020 g/mol. The summed E-state index contributed by atoms with van der Waals surface area (Å²) in [7, 11) is 3.82. The number of rotatable bonds is 13. The molecular weight excluding hydrogens is 961 g/mol. The Bertz CT molecular complexity index is 3510. The zero-order valence-corrected chi connectivity index (χ0v) is 42.3. The van der Waals surface area contributed by atoms with Crippen LogP contribution in [0.3, 0.4) is 0 Å². The van der Waals surface area contributed by atoms with E-state index < -0.39 is 29.4 Å². The van der Waals surface area contributed by atoms with Crippen LogP contribution in [0, 0.1) is 5.92 Å². The van der Waals surface area contributed by atoms with Gasteiger partial charge in [-0.2, -0.15) is 0 Å². The van der Waals surface area contributed by atoms with Crippen molar-refractivity contribution in [3.63, 3.8) is 0 Å². The lowest BCUT2D eigenvalue weighted by Gasteiger charge is -2.38. The first kappa shape index (κ1) is 50.0. The maximum atomic E-state index is 14.2. The number of phenols is 3. The van der Waals surface area contributed by atoms with E-state index in [1.165, 1.54) is 10.6 Å². The number of phenolic OH excluding ortho intramolecular Hbond substituents is 3. The number of carbonyl (C=O) groups is 4. The molecule has 75 heavy (non-hydrogen) atoms. The fraction of sp³-hybridized carbons (Fsp3) is 0.321. The molecule has 4 aromatic carbocycles. The van der Waals surface area contributed by atoms with Crippen molar-refractivity contribution in [2.75, 3.05) is 33.7 Å². The number of benzene rings is 4. The molecule has 6 heterocycles. The van der Waals surface area contributed by atoms with Gasteiger partial charge >= 0.3 is 11.9 Å². The molecule has 1 fully saturated rings. The number of piperidine rings is 1. The summed E-state index contributed by atoms with van der Waals surface area (Å²) in [6.07, 6.45) is 0.573. The molecule has 1 saturated heterocycles. The summed E-state index contributed by atoms with van der Waals surface area (Å²) in [4.78, 5) is 77.6. The first-order valence-corrected chi connectivity index (χ1v) is 24.9. The third-order valence-electron chi connectivity index (χ3n) is 14.3. The number of nitrogens with zero attached hydrogens (tertiary/aromatic N) is 7. The lowest BCUT2D eigenvalue weighted by atomic mass is 9.85. The number of ether oxygens (including phenoxy) is 3. The maximum absolute atomic E-state index is 14.2. The highest BCUT2D eigenvalue weighted by Gasteiger charge is 2.51. The Balaban J connectivity index is 0.808. The van der Waals surface area contributed by atoms with E-state index in [0.717, 1.165) is 16.5 Å². The highest BCUT2D eigenvalue weighted by atomic mass is 16.6. The second kappa shape index (κ2) is 19.7. The van der Waals surface area contributed by atoms with Gasteiger partial charge in [0, 0.05) is 65.6 Å². The summed E-state index contributed by atoms with van der Waals surface area (Å²) < 4.78 is 21.0. The Morgan fingerprint density at radius 2 is 1.59 bits per heavy atom. The van der Waals surface area contributed by atoms with Crippen molar-refractivity contribution in [1.29, 1.82) is 0 Å². The van der Waals surface area contributed by atoms with Gasteiger partial charge in [0.05, 0.1) is 40.5 Å². The standard InChI is InChI=1S/C56H56N8O11/c1-7-56(42-25-44-48-33(27-63(44)53(70)41(42)29-73-55(56)72)23-38-40(28-61(5)6)45(65)18-17-43(38)58-48)75-54(71)32-19-21-62(22-20-32)52(69)31-9-13-35(14-10-31)74-36-15-11-34(12-16-36)64-49(59-60-50(64)51(68)57-8-2)39-24-37(30(3)4)46(66)26-47(39)67/h9-18,23-26,30,32,65-67H,7-8,19-22,27-29H2,1-6H3,(H,57,68). The van der Waals surface area contributed by atoms with E-state index >= 15 is 0 Å². The quantitative estimate of drug-likeness (QED) is 0.0830. The lowest BCUT2D eigenvalue weighted by Crippen LogP contribution is -2.49. The van der Waals surface area contributed by atoms with Crippen molar-refractivity contribution in [3.05, 3.63) is 134 Å². The van der Waals surface area contributed by atoms with Crippen LogP contribution in [0.15, 0.2) is 89.7 Å². The predicted molar refractivity (Wildman–Crippen MR) is 275 cm³/mol. The van der Waals surface area contributed by atoms with Crippen molar-refractivity contribution in [3.8, 4) is 57.2 Å². The molecule has 1 atom stereocenters. The van der Waals surface area contributed by atoms with Gasteiger partial charge in [0.15, 0.2) is 5.82 Å². The molecule has 0 spiro atoms. The Labute approximate surface area is 430 Å². The molecule has 2 amide bonds. The summed E-state index contributed by atoms with van der Waals surface area (Å²) in [5, 5.41) is 44.1. The molecule has 4 N–H and O–H groups in total. The zero-order chi connectivity index (χ0) is 53.0. The SMILES string of the molecule is CCNC(=O)c1nnc(-c2cc(C(C)C)c(O)cc2O)n1-c1ccc(Oc2ccc(C(=O)N3CCC(C(=O)OC4(CC)C(=O)OCc5c4cc4n(c5=O)Cc5cc6c(CN(C)C)c(O)ccc6nc5-4)CC3)cc2)cc1. The summed E-state index contributed by atoms with van der Waals surface area (Å²) >= 11 is 0. The average Bonchev–Trinajstić information content (AvgIpc) is 4.02. The maximum Gasteiger partial charge on any atom is 0.355 e. The molecule has 19 heteroatoms. The minimum atomic E-state index is -1.88. The second-order valence-corrected chi connectivity index (χ2v) is 19.7. The second-order valence-electron chi connectivity index (χ2n) is 19.7. The summed E-state index contributed by atoms with van der Waals surface area (Å²) in [6.45, 7) is 8.59. The number of nitrogens with one attached hydrogen (secondary N) is 1. The van der Waals surface area contributed by atoms with Crippen molar-refractivity contribution < 1.29 is 48.7 Å². The monoisotopic (exact) mass is 1020 g/mol. The predicted octanol–water partition coefficient (Wildman–Crippen LogP) is 7.27. The fourth-order valence-electron chi connectivity index (χ4n) is 10.3. The fourth-order valence-corrected chi connectivity index (χ4v) is 10.3. The molecule has 19 nitrogen and oxygen atoms in total. The Morgan fingerprint density at radius 1 is 0.880 bits per heavy atom. The van der Waals surface area contributed by atoms with Gasteiger partial charge in [0.1, 0.15) is 35.4 Å². The molecule has 386 valence electrons. The molecular formula is C56H56N8O11. The van der Waals surface area contributed by atoms with E-state index in [4.69, 9.17) is 19.2 Å². The van der Waals surface area contributed by atoms with Crippen LogP contribution in [0.5, 0.6) is 28.7 Å². The number of hydrogen-bond donors (Lipinski definition) is 4. The van der Waals surface area contributed by atoms with Crippen LogP contribution in [-0.4, -0.2) is 107 Å². The smallest absolute Gasteiger partial charge is 0.355 e. The number of likely N-dealkylation sites (tertiary alicyclic amines) is 1. The minimum absolute atomic E-state index is 0.00849. The number of hydrogen-bond acceptors (Lipinski definition) is 15. The van der Waals surface area contributed by atoms with Crippen LogP contribution in [0.4, 0.5) is 0 Å². The van der Waals surface area contributed by atoms with Gasteiger partial charge in [-0.3, -0.25) is 23.7 Å². The third-order valence-corrected chi connectivity index (χ3v) is 14.3. The number of amides is 2. The molecule has 3 aliphatic heterocycles. The van der Waals surface area contributed by atoms with Crippen molar-refractivity contribution in [2.45, 2.75) is 78.2 Å². The van der Waals surface area contributed by atoms with Gasteiger partial charge in [-0.15, -0.1) is 10.2 Å². The largest absolute Gasteiger partial charge is 0.508 e. The normalized spacial score (nSPS) is 16.2. The highest BCUT2D eigenvalue weighted by molar-refractivity contribution is 5.95.